The maximum absolute atomic E-state index is 11.5. The Morgan fingerprint density at radius 3 is 2.84 bits per heavy atom. The minimum Gasteiger partial charge on any atom is -0.497 e. The normalized spacial score (nSPS) is 10.2. The van der Waals surface area contributed by atoms with Crippen molar-refractivity contribution in [2.45, 2.75) is 6.54 Å². The first-order chi connectivity index (χ1) is 9.10. The van der Waals surface area contributed by atoms with E-state index >= 15 is 0 Å². The molecule has 1 heterocycles. The molecule has 0 aliphatic heterocycles. The van der Waals surface area contributed by atoms with Crippen LogP contribution in [0, 0.1) is 0 Å². The minimum atomic E-state index is -1.11. The molecule has 0 unspecified atom stereocenters. The molecular formula is C13H12N2O4. The number of aromatic nitrogens is 2. The van der Waals surface area contributed by atoms with E-state index in [0.717, 1.165) is 10.2 Å². The molecule has 0 atom stereocenters. The molecule has 0 spiro atoms. The van der Waals surface area contributed by atoms with Gasteiger partial charge in [0.1, 0.15) is 12.3 Å². The summed E-state index contributed by atoms with van der Waals surface area (Å²) in [5.74, 6) is -0.451. The highest BCUT2D eigenvalue weighted by atomic mass is 16.5. The summed E-state index contributed by atoms with van der Waals surface area (Å²) in [6.07, 6.45) is 0. The fourth-order valence-electron chi connectivity index (χ4n) is 1.63. The lowest BCUT2D eigenvalue weighted by atomic mass is 10.1. The molecule has 0 bridgehead atoms. The van der Waals surface area contributed by atoms with E-state index in [4.69, 9.17) is 9.84 Å². The maximum Gasteiger partial charge on any atom is 0.325 e. The van der Waals surface area contributed by atoms with Crippen LogP contribution >= 0.6 is 0 Å². The van der Waals surface area contributed by atoms with Crippen molar-refractivity contribution in [2.75, 3.05) is 7.11 Å². The first-order valence-electron chi connectivity index (χ1n) is 5.54. The Morgan fingerprint density at radius 1 is 1.37 bits per heavy atom. The Kier molecular flexibility index (Phi) is 3.61. The van der Waals surface area contributed by atoms with E-state index in [-0.39, 0.29) is 0 Å². The molecular weight excluding hydrogens is 248 g/mol. The number of aliphatic carboxylic acids is 1. The fraction of sp³-hybridized carbons (Fsp3) is 0.154. The topological polar surface area (TPSA) is 81.4 Å². The fourth-order valence-corrected chi connectivity index (χ4v) is 1.63. The summed E-state index contributed by atoms with van der Waals surface area (Å²) >= 11 is 0. The number of ether oxygens (including phenoxy) is 1. The smallest absolute Gasteiger partial charge is 0.325 e. The lowest BCUT2D eigenvalue weighted by Gasteiger charge is -2.06. The van der Waals surface area contributed by atoms with E-state index in [1.54, 1.807) is 37.4 Å². The Morgan fingerprint density at radius 2 is 2.16 bits per heavy atom. The molecule has 98 valence electrons. The zero-order valence-electron chi connectivity index (χ0n) is 10.2. The molecule has 0 amide bonds. The van der Waals surface area contributed by atoms with Crippen molar-refractivity contribution < 1.29 is 14.6 Å². The van der Waals surface area contributed by atoms with Gasteiger partial charge in [-0.1, -0.05) is 12.1 Å². The number of benzene rings is 1. The van der Waals surface area contributed by atoms with Gasteiger partial charge in [-0.25, -0.2) is 4.68 Å². The second-order valence-corrected chi connectivity index (χ2v) is 3.84. The Bertz CT molecular complexity index is 664. The van der Waals surface area contributed by atoms with Gasteiger partial charge in [0.15, 0.2) is 0 Å². The van der Waals surface area contributed by atoms with Crippen molar-refractivity contribution in [3.8, 4) is 17.0 Å². The molecule has 6 nitrogen and oxygen atoms in total. The molecule has 1 N–H and O–H groups in total. The minimum absolute atomic E-state index is 0.450. The van der Waals surface area contributed by atoms with Gasteiger partial charge in [0.2, 0.25) is 0 Å². The van der Waals surface area contributed by atoms with Gasteiger partial charge >= 0.3 is 5.97 Å². The predicted octanol–water partition coefficient (Wildman–Crippen LogP) is 1.00. The molecule has 19 heavy (non-hydrogen) atoms. The zero-order chi connectivity index (χ0) is 13.8. The molecule has 0 aliphatic rings. The molecule has 0 radical (unpaired) electrons. The van der Waals surface area contributed by atoms with E-state index in [1.807, 2.05) is 0 Å². The number of hydrogen-bond acceptors (Lipinski definition) is 4. The molecule has 0 fully saturated rings. The maximum atomic E-state index is 11.5. The van der Waals surface area contributed by atoms with E-state index in [1.165, 1.54) is 6.07 Å². The lowest BCUT2D eigenvalue weighted by Crippen LogP contribution is -2.26. The van der Waals surface area contributed by atoms with Crippen LogP contribution in [0.5, 0.6) is 5.75 Å². The van der Waals surface area contributed by atoms with Crippen molar-refractivity contribution in [2.24, 2.45) is 0 Å². The first kappa shape index (κ1) is 12.8. The molecule has 0 saturated carbocycles. The van der Waals surface area contributed by atoms with Crippen LogP contribution in [0.4, 0.5) is 0 Å². The Balaban J connectivity index is 2.44. The van der Waals surface area contributed by atoms with E-state index in [9.17, 15) is 9.59 Å². The third-order valence-electron chi connectivity index (χ3n) is 2.52. The van der Waals surface area contributed by atoms with Crippen molar-refractivity contribution in [1.29, 1.82) is 0 Å². The lowest BCUT2D eigenvalue weighted by molar-refractivity contribution is -0.138. The summed E-state index contributed by atoms with van der Waals surface area (Å²) in [7, 11) is 1.55. The summed E-state index contributed by atoms with van der Waals surface area (Å²) in [6, 6.07) is 10.00. The van der Waals surface area contributed by atoms with Gasteiger partial charge in [0.25, 0.3) is 5.56 Å². The van der Waals surface area contributed by atoms with E-state index in [2.05, 4.69) is 5.10 Å². The molecule has 0 saturated heterocycles. The SMILES string of the molecule is COc1cccc(-c2ccc(=O)n(CC(=O)O)n2)c1. The van der Waals surface area contributed by atoms with E-state index < -0.39 is 18.1 Å². The molecule has 1 aromatic carbocycles. The number of carbonyl (C=O) groups is 1. The zero-order valence-corrected chi connectivity index (χ0v) is 10.2. The highest BCUT2D eigenvalue weighted by Crippen LogP contribution is 2.20. The molecule has 1 aromatic heterocycles. The van der Waals surface area contributed by atoms with Crippen molar-refractivity contribution in [3.05, 3.63) is 46.8 Å². The second kappa shape index (κ2) is 5.34. The average molecular weight is 260 g/mol. The van der Waals surface area contributed by atoms with Crippen LogP contribution in [-0.2, 0) is 11.3 Å². The number of carboxylic acids is 1. The number of methoxy groups -OCH3 is 1. The van der Waals surface area contributed by atoms with Gasteiger partial charge in [0, 0.05) is 11.6 Å². The summed E-state index contributed by atoms with van der Waals surface area (Å²) in [4.78, 5) is 22.1. The highest BCUT2D eigenvalue weighted by Gasteiger charge is 2.07. The molecule has 2 rings (SSSR count). The predicted molar refractivity (Wildman–Crippen MR) is 68.1 cm³/mol. The summed E-state index contributed by atoms with van der Waals surface area (Å²) in [5, 5.41) is 12.7. The van der Waals surface area contributed by atoms with E-state index in [0.29, 0.717) is 11.4 Å². The first-order valence-corrected chi connectivity index (χ1v) is 5.54. The summed E-state index contributed by atoms with van der Waals surface area (Å²) in [6.45, 7) is -0.462. The molecule has 6 heteroatoms. The largest absolute Gasteiger partial charge is 0.497 e. The third kappa shape index (κ3) is 2.98. The summed E-state index contributed by atoms with van der Waals surface area (Å²) < 4.78 is 6.02. The van der Waals surface area contributed by atoms with Crippen LogP contribution in [0.2, 0.25) is 0 Å². The average Bonchev–Trinajstić information content (AvgIpc) is 2.41. The van der Waals surface area contributed by atoms with Gasteiger partial charge < -0.3 is 9.84 Å². The molecule has 2 aromatic rings. The van der Waals surface area contributed by atoms with Crippen molar-refractivity contribution in [1.82, 2.24) is 9.78 Å². The van der Waals surface area contributed by atoms with Gasteiger partial charge in [-0.2, -0.15) is 5.10 Å². The van der Waals surface area contributed by atoms with Crippen LogP contribution < -0.4 is 10.3 Å². The molecule has 0 aliphatic carbocycles. The van der Waals surface area contributed by atoms with Gasteiger partial charge in [-0.3, -0.25) is 9.59 Å². The van der Waals surface area contributed by atoms with Crippen molar-refractivity contribution >= 4 is 5.97 Å². The standard InChI is InChI=1S/C13H12N2O4/c1-19-10-4-2-3-9(7-10)11-5-6-12(16)15(14-11)8-13(17)18/h2-7H,8H2,1H3,(H,17,18). The second-order valence-electron chi connectivity index (χ2n) is 3.84. The Labute approximate surface area is 108 Å². The Hall–Kier alpha value is -2.63. The third-order valence-corrected chi connectivity index (χ3v) is 2.52. The number of carboxylic acid groups (broad SMARTS) is 1. The monoisotopic (exact) mass is 260 g/mol. The number of rotatable bonds is 4. The van der Waals surface area contributed by atoms with Crippen LogP contribution in [0.3, 0.4) is 0 Å². The number of hydrogen-bond donors (Lipinski definition) is 1. The highest BCUT2D eigenvalue weighted by molar-refractivity contribution is 5.66. The quantitative estimate of drug-likeness (QED) is 0.887. The number of nitrogens with zero attached hydrogens (tertiary/aromatic N) is 2. The van der Waals surface area contributed by atoms with Crippen LogP contribution in [-0.4, -0.2) is 28.0 Å². The van der Waals surface area contributed by atoms with Crippen LogP contribution in [0.15, 0.2) is 41.2 Å². The van der Waals surface area contributed by atoms with Gasteiger partial charge in [-0.15, -0.1) is 0 Å². The summed E-state index contributed by atoms with van der Waals surface area (Å²) in [5.41, 5.74) is 0.812. The van der Waals surface area contributed by atoms with Gasteiger partial charge in [0.05, 0.1) is 12.8 Å². The van der Waals surface area contributed by atoms with Crippen LogP contribution in [0.25, 0.3) is 11.3 Å². The van der Waals surface area contributed by atoms with Crippen LogP contribution in [0.1, 0.15) is 0 Å². The van der Waals surface area contributed by atoms with Gasteiger partial charge in [-0.05, 0) is 18.2 Å². The van der Waals surface area contributed by atoms with Crippen molar-refractivity contribution in [3.63, 3.8) is 0 Å².